The minimum atomic E-state index is -0.478. The van der Waals surface area contributed by atoms with Gasteiger partial charge in [0.2, 0.25) is 0 Å². The van der Waals surface area contributed by atoms with E-state index in [-0.39, 0.29) is 5.69 Å². The van der Waals surface area contributed by atoms with E-state index in [1.54, 1.807) is 37.3 Å². The quantitative estimate of drug-likeness (QED) is 0.381. The molecule has 2 aromatic heterocycles. The normalized spacial score (nSPS) is 11.1. The van der Waals surface area contributed by atoms with Crippen LogP contribution in [0.15, 0.2) is 53.5 Å². The van der Waals surface area contributed by atoms with Gasteiger partial charge in [0.25, 0.3) is 11.2 Å². The van der Waals surface area contributed by atoms with Gasteiger partial charge in [-0.25, -0.2) is 0 Å². The maximum atomic E-state index is 12.3. The Morgan fingerprint density at radius 2 is 1.86 bits per heavy atom. The average molecular weight is 415 g/mol. The summed E-state index contributed by atoms with van der Waals surface area (Å²) in [7, 11) is 0. The minimum Gasteiger partial charge on any atom is -0.339 e. The number of nitro benzene ring substituents is 1. The van der Waals surface area contributed by atoms with Crippen LogP contribution in [0.1, 0.15) is 5.56 Å². The lowest BCUT2D eigenvalue weighted by molar-refractivity contribution is -0.384. The van der Waals surface area contributed by atoms with Gasteiger partial charge < -0.3 is 4.98 Å². The first-order chi connectivity index (χ1) is 13.4. The summed E-state index contributed by atoms with van der Waals surface area (Å²) >= 11 is 12.3. The van der Waals surface area contributed by atoms with E-state index >= 15 is 0 Å². The molecule has 4 aromatic rings. The van der Waals surface area contributed by atoms with Gasteiger partial charge in [0, 0.05) is 33.8 Å². The molecule has 0 amide bonds. The summed E-state index contributed by atoms with van der Waals surface area (Å²) in [6, 6.07) is 11.0. The SMILES string of the molecule is Cc1c(-c2ccc(Cl)cc2Cl)ccc([N+](=O)[O-])c1-c1cc(=O)n2nccc2[nH]1. The van der Waals surface area contributed by atoms with Gasteiger partial charge in [-0.2, -0.15) is 9.61 Å². The lowest BCUT2D eigenvalue weighted by Gasteiger charge is -2.14. The van der Waals surface area contributed by atoms with Gasteiger partial charge in [-0.3, -0.25) is 14.9 Å². The van der Waals surface area contributed by atoms with Crippen molar-refractivity contribution in [3.8, 4) is 22.4 Å². The first-order valence-electron chi connectivity index (χ1n) is 8.17. The second-order valence-corrected chi connectivity index (χ2v) is 7.01. The molecule has 9 heteroatoms. The van der Waals surface area contributed by atoms with Crippen molar-refractivity contribution in [3.63, 3.8) is 0 Å². The van der Waals surface area contributed by atoms with Crippen molar-refractivity contribution < 1.29 is 4.92 Å². The molecule has 0 aliphatic heterocycles. The highest BCUT2D eigenvalue weighted by atomic mass is 35.5. The fourth-order valence-corrected chi connectivity index (χ4v) is 3.77. The van der Waals surface area contributed by atoms with Crippen molar-refractivity contribution in [3.05, 3.63) is 84.7 Å². The number of nitrogens with one attached hydrogen (secondary N) is 1. The first kappa shape index (κ1) is 18.2. The van der Waals surface area contributed by atoms with Gasteiger partial charge in [-0.05, 0) is 36.2 Å². The maximum absolute atomic E-state index is 12.3. The number of halogens is 2. The molecule has 2 aromatic carbocycles. The Bertz CT molecular complexity index is 1310. The molecule has 2 heterocycles. The Morgan fingerprint density at radius 3 is 2.57 bits per heavy atom. The van der Waals surface area contributed by atoms with Gasteiger partial charge in [0.05, 0.1) is 22.4 Å². The fourth-order valence-electron chi connectivity index (χ4n) is 3.26. The number of hydrogen-bond donors (Lipinski definition) is 1. The average Bonchev–Trinajstić information content (AvgIpc) is 3.11. The summed E-state index contributed by atoms with van der Waals surface area (Å²) in [6.07, 6.45) is 1.47. The molecule has 0 spiro atoms. The zero-order valence-electron chi connectivity index (χ0n) is 14.4. The lowest BCUT2D eigenvalue weighted by atomic mass is 9.93. The second kappa shape index (κ2) is 6.78. The summed E-state index contributed by atoms with van der Waals surface area (Å²) in [5.74, 6) is 0. The molecular formula is C19H12Cl2N4O3. The molecule has 0 radical (unpaired) electrons. The van der Waals surface area contributed by atoms with E-state index in [1.165, 1.54) is 22.8 Å². The molecular weight excluding hydrogens is 403 g/mol. The largest absolute Gasteiger partial charge is 0.339 e. The Morgan fingerprint density at radius 1 is 1.11 bits per heavy atom. The highest BCUT2D eigenvalue weighted by molar-refractivity contribution is 6.36. The highest BCUT2D eigenvalue weighted by Crippen LogP contribution is 2.40. The number of H-pyrrole nitrogens is 1. The Balaban J connectivity index is 2.04. The molecule has 0 saturated heterocycles. The van der Waals surface area contributed by atoms with E-state index in [0.29, 0.717) is 43.6 Å². The zero-order valence-corrected chi connectivity index (χ0v) is 16.0. The first-order valence-corrected chi connectivity index (χ1v) is 8.93. The summed E-state index contributed by atoms with van der Waals surface area (Å²) in [4.78, 5) is 26.6. The summed E-state index contributed by atoms with van der Waals surface area (Å²) in [5, 5.41) is 16.5. The van der Waals surface area contributed by atoms with E-state index in [0.717, 1.165) is 0 Å². The van der Waals surface area contributed by atoms with Crippen LogP contribution in [0.3, 0.4) is 0 Å². The zero-order chi connectivity index (χ0) is 20.0. The number of nitro groups is 1. The predicted octanol–water partition coefficient (Wildman–Crippen LogP) is 4.88. The van der Waals surface area contributed by atoms with Crippen molar-refractivity contribution in [1.29, 1.82) is 0 Å². The highest BCUT2D eigenvalue weighted by Gasteiger charge is 2.23. The van der Waals surface area contributed by atoms with Crippen molar-refractivity contribution in [2.75, 3.05) is 0 Å². The van der Waals surface area contributed by atoms with Crippen LogP contribution in [-0.4, -0.2) is 19.5 Å². The second-order valence-electron chi connectivity index (χ2n) is 6.16. The Hall–Kier alpha value is -3.16. The number of aromatic amines is 1. The topological polar surface area (TPSA) is 93.3 Å². The molecule has 4 rings (SSSR count). The summed E-state index contributed by atoms with van der Waals surface area (Å²) < 4.78 is 1.19. The number of rotatable bonds is 3. The van der Waals surface area contributed by atoms with Gasteiger partial charge in [0.1, 0.15) is 5.65 Å². The third kappa shape index (κ3) is 2.94. The molecule has 1 N–H and O–H groups in total. The number of nitrogens with zero attached hydrogens (tertiary/aromatic N) is 3. The van der Waals surface area contributed by atoms with Crippen LogP contribution >= 0.6 is 23.2 Å². The molecule has 140 valence electrons. The van der Waals surface area contributed by atoms with Crippen molar-refractivity contribution in [2.45, 2.75) is 6.92 Å². The number of fused-ring (bicyclic) bond motifs is 1. The van der Waals surface area contributed by atoms with Gasteiger partial charge >= 0.3 is 0 Å². The molecule has 0 bridgehead atoms. The van der Waals surface area contributed by atoms with Crippen LogP contribution in [0.25, 0.3) is 28.0 Å². The Labute approximate surface area is 168 Å². The summed E-state index contributed by atoms with van der Waals surface area (Å²) in [6.45, 7) is 1.75. The molecule has 0 fully saturated rings. The van der Waals surface area contributed by atoms with Crippen LogP contribution in [0.4, 0.5) is 5.69 Å². The predicted molar refractivity (Wildman–Crippen MR) is 108 cm³/mol. The number of aromatic nitrogens is 3. The number of benzene rings is 2. The molecule has 0 aliphatic carbocycles. The van der Waals surface area contributed by atoms with E-state index in [4.69, 9.17) is 23.2 Å². The number of hydrogen-bond acceptors (Lipinski definition) is 4. The third-order valence-electron chi connectivity index (χ3n) is 4.51. The molecule has 0 aliphatic rings. The van der Waals surface area contributed by atoms with E-state index in [2.05, 4.69) is 10.1 Å². The van der Waals surface area contributed by atoms with E-state index in [1.807, 2.05) is 0 Å². The molecule has 7 nitrogen and oxygen atoms in total. The van der Waals surface area contributed by atoms with Crippen LogP contribution in [0, 0.1) is 17.0 Å². The fraction of sp³-hybridized carbons (Fsp3) is 0.0526. The van der Waals surface area contributed by atoms with Gasteiger partial charge in [0.15, 0.2) is 0 Å². The molecule has 0 atom stereocenters. The van der Waals surface area contributed by atoms with Crippen molar-refractivity contribution in [1.82, 2.24) is 14.6 Å². The third-order valence-corrected chi connectivity index (χ3v) is 5.06. The van der Waals surface area contributed by atoms with Gasteiger partial charge in [-0.15, -0.1) is 0 Å². The lowest BCUT2D eigenvalue weighted by Crippen LogP contribution is -2.14. The van der Waals surface area contributed by atoms with E-state index < -0.39 is 10.5 Å². The summed E-state index contributed by atoms with van der Waals surface area (Å²) in [5.41, 5.74) is 2.57. The Kier molecular flexibility index (Phi) is 4.41. The van der Waals surface area contributed by atoms with Crippen LogP contribution in [-0.2, 0) is 0 Å². The maximum Gasteiger partial charge on any atom is 0.278 e. The van der Waals surface area contributed by atoms with Crippen LogP contribution in [0.5, 0.6) is 0 Å². The smallest absolute Gasteiger partial charge is 0.278 e. The molecule has 28 heavy (non-hydrogen) atoms. The van der Waals surface area contributed by atoms with Crippen LogP contribution in [0.2, 0.25) is 10.0 Å². The minimum absolute atomic E-state index is 0.120. The van der Waals surface area contributed by atoms with Crippen molar-refractivity contribution >= 4 is 34.5 Å². The van der Waals surface area contributed by atoms with Crippen LogP contribution < -0.4 is 5.56 Å². The van der Waals surface area contributed by atoms with Crippen molar-refractivity contribution in [2.24, 2.45) is 0 Å². The molecule has 0 saturated carbocycles. The monoisotopic (exact) mass is 414 g/mol. The molecule has 0 unspecified atom stereocenters. The van der Waals surface area contributed by atoms with E-state index in [9.17, 15) is 14.9 Å². The van der Waals surface area contributed by atoms with Gasteiger partial charge in [-0.1, -0.05) is 29.3 Å². The standard InChI is InChI=1S/C19H12Cl2N4O3/c1-10-12(13-3-2-11(20)8-14(13)21)4-5-16(25(27)28)19(10)15-9-18(26)24-17(23-15)6-7-22-24/h2-9,23H,1H3.